The van der Waals surface area contributed by atoms with Crippen molar-refractivity contribution in [2.24, 2.45) is 0 Å². The summed E-state index contributed by atoms with van der Waals surface area (Å²) in [6.45, 7) is 5.94. The Hall–Kier alpha value is -2.11. The topological polar surface area (TPSA) is 69.3 Å². The summed E-state index contributed by atoms with van der Waals surface area (Å²) in [5.74, 6) is 0.777. The van der Waals surface area contributed by atoms with Crippen LogP contribution in [0.1, 0.15) is 62.1 Å². The van der Waals surface area contributed by atoms with Crippen LogP contribution in [0.15, 0.2) is 9.70 Å². The molecule has 8 heteroatoms. The number of amides is 1. The van der Waals surface area contributed by atoms with Crippen LogP contribution in [0.25, 0.3) is 6.08 Å². The van der Waals surface area contributed by atoms with Gasteiger partial charge >= 0.3 is 0 Å². The molecule has 2 saturated heterocycles. The van der Waals surface area contributed by atoms with E-state index in [0.29, 0.717) is 21.3 Å². The van der Waals surface area contributed by atoms with E-state index in [1.807, 2.05) is 19.9 Å². The first-order valence-corrected chi connectivity index (χ1v) is 11.9. The zero-order valence-corrected chi connectivity index (χ0v) is 19.1. The van der Waals surface area contributed by atoms with Gasteiger partial charge in [0.15, 0.2) is 0 Å². The fourth-order valence-corrected chi connectivity index (χ4v) is 6.18. The fraction of sp³-hybridized carbons (Fsp3) is 0.545. The van der Waals surface area contributed by atoms with Crippen LogP contribution in [0.5, 0.6) is 0 Å². The molecule has 1 aliphatic carbocycles. The summed E-state index contributed by atoms with van der Waals surface area (Å²) in [6, 6.07) is 2.28. The SMILES string of the molecule is CCn1c(N2CCCC2)c(/C=C2/SC(=S)N(C3CCCC3)C2=O)c(C)c(C#N)c1=O. The van der Waals surface area contributed by atoms with Gasteiger partial charge in [-0.25, -0.2) is 0 Å². The van der Waals surface area contributed by atoms with Gasteiger partial charge in [-0.1, -0.05) is 36.8 Å². The van der Waals surface area contributed by atoms with Gasteiger partial charge in [0.05, 0.1) is 4.91 Å². The number of carbonyl (C=O) groups is 1. The van der Waals surface area contributed by atoms with Crippen molar-refractivity contribution < 1.29 is 4.79 Å². The summed E-state index contributed by atoms with van der Waals surface area (Å²) in [7, 11) is 0. The summed E-state index contributed by atoms with van der Waals surface area (Å²) in [4.78, 5) is 30.8. The van der Waals surface area contributed by atoms with Crippen molar-refractivity contribution in [1.82, 2.24) is 9.47 Å². The Morgan fingerprint density at radius 1 is 1.20 bits per heavy atom. The number of aromatic nitrogens is 1. The Bertz CT molecular complexity index is 1030. The number of hydrogen-bond acceptors (Lipinski definition) is 6. The molecule has 6 nitrogen and oxygen atoms in total. The second-order valence-electron chi connectivity index (χ2n) is 8.08. The number of nitrogens with zero attached hydrogens (tertiary/aromatic N) is 4. The molecule has 3 fully saturated rings. The summed E-state index contributed by atoms with van der Waals surface area (Å²) in [5.41, 5.74) is 1.33. The molecule has 1 aromatic heterocycles. The summed E-state index contributed by atoms with van der Waals surface area (Å²) >= 11 is 6.88. The Labute approximate surface area is 186 Å². The third kappa shape index (κ3) is 3.48. The van der Waals surface area contributed by atoms with Gasteiger partial charge in [0.25, 0.3) is 11.5 Å². The Kier molecular flexibility index (Phi) is 6.03. The summed E-state index contributed by atoms with van der Waals surface area (Å²) in [6.07, 6.45) is 8.26. The minimum absolute atomic E-state index is 0.0450. The van der Waals surface area contributed by atoms with E-state index in [1.165, 1.54) is 11.8 Å². The Morgan fingerprint density at radius 3 is 2.47 bits per heavy atom. The maximum Gasteiger partial charge on any atom is 0.270 e. The summed E-state index contributed by atoms with van der Waals surface area (Å²) < 4.78 is 2.29. The predicted octanol–water partition coefficient (Wildman–Crippen LogP) is 3.79. The molecule has 158 valence electrons. The number of anilines is 1. The van der Waals surface area contributed by atoms with Crippen LogP contribution in [-0.2, 0) is 11.3 Å². The smallest absolute Gasteiger partial charge is 0.270 e. The molecule has 0 radical (unpaired) electrons. The lowest BCUT2D eigenvalue weighted by Gasteiger charge is -2.26. The molecule has 0 spiro atoms. The number of thiocarbonyl (C=S) groups is 1. The fourth-order valence-electron chi connectivity index (χ4n) is 4.80. The zero-order chi connectivity index (χ0) is 21.4. The quantitative estimate of drug-likeness (QED) is 0.522. The van der Waals surface area contributed by atoms with Crippen LogP contribution >= 0.6 is 24.0 Å². The van der Waals surface area contributed by atoms with Crippen LogP contribution < -0.4 is 10.5 Å². The van der Waals surface area contributed by atoms with E-state index in [0.717, 1.165) is 63.0 Å². The van der Waals surface area contributed by atoms with E-state index in [1.54, 1.807) is 9.47 Å². The molecule has 0 bridgehead atoms. The van der Waals surface area contributed by atoms with E-state index < -0.39 is 0 Å². The molecule has 1 saturated carbocycles. The Balaban J connectivity index is 1.86. The third-order valence-electron chi connectivity index (χ3n) is 6.36. The lowest BCUT2D eigenvalue weighted by Crippen LogP contribution is -2.36. The third-order valence-corrected chi connectivity index (χ3v) is 7.69. The van der Waals surface area contributed by atoms with Crippen molar-refractivity contribution in [2.45, 2.75) is 65.0 Å². The van der Waals surface area contributed by atoms with Gasteiger partial charge < -0.3 is 4.90 Å². The molecular weight excluding hydrogens is 416 g/mol. The molecule has 0 N–H and O–H groups in total. The second-order valence-corrected chi connectivity index (χ2v) is 9.76. The van der Waals surface area contributed by atoms with Gasteiger partial charge in [-0.2, -0.15) is 5.26 Å². The van der Waals surface area contributed by atoms with Crippen molar-refractivity contribution in [3.8, 4) is 6.07 Å². The van der Waals surface area contributed by atoms with Crippen molar-refractivity contribution in [1.29, 1.82) is 5.26 Å². The van der Waals surface area contributed by atoms with Crippen LogP contribution in [0.3, 0.4) is 0 Å². The molecule has 1 aromatic rings. The molecule has 3 heterocycles. The van der Waals surface area contributed by atoms with Gasteiger partial charge in [-0.05, 0) is 51.2 Å². The van der Waals surface area contributed by atoms with E-state index in [4.69, 9.17) is 12.2 Å². The highest BCUT2D eigenvalue weighted by Crippen LogP contribution is 2.39. The highest BCUT2D eigenvalue weighted by atomic mass is 32.2. The number of pyridine rings is 1. The molecular formula is C22H26N4O2S2. The number of thioether (sulfide) groups is 1. The van der Waals surface area contributed by atoms with Gasteiger partial charge in [0.1, 0.15) is 21.8 Å². The molecule has 0 aromatic carbocycles. The minimum Gasteiger partial charge on any atom is -0.357 e. The largest absolute Gasteiger partial charge is 0.357 e. The Morgan fingerprint density at radius 2 is 1.87 bits per heavy atom. The van der Waals surface area contributed by atoms with E-state index in [9.17, 15) is 14.9 Å². The van der Waals surface area contributed by atoms with Crippen molar-refractivity contribution in [2.75, 3.05) is 18.0 Å². The highest BCUT2D eigenvalue weighted by molar-refractivity contribution is 8.26. The number of hydrogen-bond donors (Lipinski definition) is 0. The molecule has 3 aliphatic rings. The standard InChI is InChI=1S/C22H26N4O2S2/c1-3-25-19(24-10-6-7-11-24)16(14(2)17(13-23)20(25)27)12-18-21(28)26(22(29)30-18)15-8-4-5-9-15/h12,15H,3-11H2,1-2H3/b18-12+. The average molecular weight is 443 g/mol. The van der Waals surface area contributed by atoms with Crippen molar-refractivity contribution in [3.05, 3.63) is 31.9 Å². The van der Waals surface area contributed by atoms with E-state index >= 15 is 0 Å². The van der Waals surface area contributed by atoms with E-state index in [-0.39, 0.29) is 23.1 Å². The second kappa shape index (κ2) is 8.56. The first kappa shape index (κ1) is 21.1. The number of rotatable bonds is 4. The van der Waals surface area contributed by atoms with Gasteiger partial charge in [-0.3, -0.25) is 19.1 Å². The van der Waals surface area contributed by atoms with Gasteiger partial charge in [0, 0.05) is 31.2 Å². The lowest BCUT2D eigenvalue weighted by atomic mass is 10.0. The first-order valence-electron chi connectivity index (χ1n) is 10.7. The predicted molar refractivity (Wildman–Crippen MR) is 125 cm³/mol. The zero-order valence-electron chi connectivity index (χ0n) is 17.4. The number of nitriles is 1. The van der Waals surface area contributed by atoms with Crippen molar-refractivity contribution >= 4 is 46.1 Å². The molecule has 30 heavy (non-hydrogen) atoms. The monoisotopic (exact) mass is 442 g/mol. The maximum atomic E-state index is 13.2. The van der Waals surface area contributed by atoms with Gasteiger partial charge in [-0.15, -0.1) is 0 Å². The highest BCUT2D eigenvalue weighted by Gasteiger charge is 2.38. The molecule has 1 amide bonds. The van der Waals surface area contributed by atoms with Crippen LogP contribution in [0, 0.1) is 18.3 Å². The maximum absolute atomic E-state index is 13.2. The average Bonchev–Trinajstić information content (AvgIpc) is 3.47. The minimum atomic E-state index is -0.255. The number of carbonyl (C=O) groups excluding carboxylic acids is 1. The van der Waals surface area contributed by atoms with Crippen LogP contribution in [-0.4, -0.2) is 38.8 Å². The molecule has 2 aliphatic heterocycles. The lowest BCUT2D eigenvalue weighted by molar-refractivity contribution is -0.123. The van der Waals surface area contributed by atoms with Crippen LogP contribution in [0.4, 0.5) is 5.82 Å². The normalized spacial score (nSPS) is 21.3. The van der Waals surface area contributed by atoms with Crippen LogP contribution in [0.2, 0.25) is 0 Å². The van der Waals surface area contributed by atoms with Crippen molar-refractivity contribution in [3.63, 3.8) is 0 Å². The first-order chi connectivity index (χ1) is 14.5. The van der Waals surface area contributed by atoms with E-state index in [2.05, 4.69) is 11.0 Å². The molecule has 0 unspecified atom stereocenters. The molecule has 0 atom stereocenters. The van der Waals surface area contributed by atoms with Gasteiger partial charge in [0.2, 0.25) is 0 Å². The molecule has 4 rings (SSSR count). The summed E-state index contributed by atoms with van der Waals surface area (Å²) in [5, 5.41) is 9.64.